The van der Waals surface area contributed by atoms with Crippen molar-refractivity contribution in [1.29, 1.82) is 0 Å². The molecule has 0 aromatic heterocycles. The summed E-state index contributed by atoms with van der Waals surface area (Å²) >= 11 is -2.64. The van der Waals surface area contributed by atoms with E-state index in [1.165, 1.54) is 22.3 Å². The van der Waals surface area contributed by atoms with Crippen molar-refractivity contribution in [3.8, 4) is 11.5 Å². The summed E-state index contributed by atoms with van der Waals surface area (Å²) in [6.45, 7) is 30.9. The minimum Gasteiger partial charge on any atom is -0.588 e. The van der Waals surface area contributed by atoms with Crippen LogP contribution in [0.1, 0.15) is 119 Å². The molecule has 0 N–H and O–H groups in total. The molecule has 0 spiro atoms. The maximum absolute atomic E-state index is 6.87. The lowest BCUT2D eigenvalue weighted by atomic mass is 9.79. The van der Waals surface area contributed by atoms with Crippen molar-refractivity contribution in [2.45, 2.75) is 125 Å². The minimum atomic E-state index is -2.64. The molecule has 0 radical (unpaired) electrons. The van der Waals surface area contributed by atoms with Crippen LogP contribution >= 0.6 is 0 Å². The minimum absolute atomic E-state index is 0.00793. The molecule has 0 fully saturated rings. The zero-order valence-corrected chi connectivity index (χ0v) is 26.0. The molecule has 0 aliphatic rings. The Morgan fingerprint density at radius 3 is 0.971 bits per heavy atom. The summed E-state index contributed by atoms with van der Waals surface area (Å²) in [7, 11) is 0. The van der Waals surface area contributed by atoms with Crippen LogP contribution in [0.4, 0.5) is 0 Å². The van der Waals surface area contributed by atoms with Crippen LogP contribution in [0.2, 0.25) is 0 Å². The summed E-state index contributed by atoms with van der Waals surface area (Å²) in [6, 6.07) is 13.0. The van der Waals surface area contributed by atoms with Crippen LogP contribution in [-0.4, -0.2) is 21.3 Å². The average molecular weight is 497 g/mol. The van der Waals surface area contributed by atoms with E-state index in [1.807, 2.05) is 13.8 Å². The van der Waals surface area contributed by atoms with Gasteiger partial charge in [0.2, 0.25) is 0 Å². The van der Waals surface area contributed by atoms with Gasteiger partial charge in [0.15, 0.2) is 0 Å². The summed E-state index contributed by atoms with van der Waals surface area (Å²) < 4.78 is 20.2. The summed E-state index contributed by atoms with van der Waals surface area (Å²) in [5.41, 5.74) is 4.41. The highest BCUT2D eigenvalue weighted by atomic mass is 27.3. The van der Waals surface area contributed by atoms with Crippen molar-refractivity contribution in [1.82, 2.24) is 0 Å². The van der Waals surface area contributed by atoms with Crippen molar-refractivity contribution in [2.75, 3.05) is 0 Å². The molecule has 2 aromatic carbocycles. The second kappa shape index (κ2) is 10.5. The number of para-hydroxylation sites is 2. The van der Waals surface area contributed by atoms with E-state index >= 15 is 0 Å². The van der Waals surface area contributed by atoms with Gasteiger partial charge in [0.05, 0.1) is 11.5 Å². The molecule has 0 saturated heterocycles. The van der Waals surface area contributed by atoms with Gasteiger partial charge < -0.3 is 11.4 Å². The molecular formula is C31H49AlO3. The van der Waals surface area contributed by atoms with Crippen molar-refractivity contribution >= 4 is 15.1 Å². The molecule has 0 aliphatic carbocycles. The van der Waals surface area contributed by atoms with Gasteiger partial charge in [-0.2, -0.15) is 0 Å². The summed E-state index contributed by atoms with van der Waals surface area (Å²) in [6.07, 6.45) is -0.00793. The maximum atomic E-state index is 6.87. The quantitative estimate of drug-likeness (QED) is 0.374. The van der Waals surface area contributed by atoms with Crippen LogP contribution in [0.5, 0.6) is 11.5 Å². The Morgan fingerprint density at radius 2 is 0.771 bits per heavy atom. The third kappa shape index (κ3) is 7.76. The topological polar surface area (TPSA) is 27.7 Å². The van der Waals surface area contributed by atoms with Crippen molar-refractivity contribution in [3.63, 3.8) is 0 Å². The van der Waals surface area contributed by atoms with E-state index in [-0.39, 0.29) is 27.8 Å². The van der Waals surface area contributed by atoms with Crippen molar-refractivity contribution in [2.24, 2.45) is 0 Å². The Hall–Kier alpha value is -1.47. The van der Waals surface area contributed by atoms with Crippen LogP contribution in [0.25, 0.3) is 0 Å². The third-order valence-electron chi connectivity index (χ3n) is 6.07. The van der Waals surface area contributed by atoms with Crippen LogP contribution in [0.3, 0.4) is 0 Å². The van der Waals surface area contributed by atoms with E-state index in [2.05, 4.69) is 119 Å². The number of rotatable bonds is 6. The van der Waals surface area contributed by atoms with Crippen molar-refractivity contribution < 1.29 is 11.4 Å². The first-order valence-corrected chi connectivity index (χ1v) is 14.4. The van der Waals surface area contributed by atoms with Gasteiger partial charge in [-0.25, -0.2) is 0 Å². The molecule has 4 heteroatoms. The maximum Gasteiger partial charge on any atom is 1.10 e. The van der Waals surface area contributed by atoms with E-state index in [0.717, 1.165) is 11.5 Å². The molecule has 0 aliphatic heterocycles. The average Bonchev–Trinajstić information content (AvgIpc) is 2.64. The molecule has 0 saturated carbocycles. The van der Waals surface area contributed by atoms with Gasteiger partial charge in [0.25, 0.3) is 0 Å². The first kappa shape index (κ1) is 29.8. The molecule has 0 heterocycles. The Bertz CT molecular complexity index is 854. The Morgan fingerprint density at radius 1 is 0.514 bits per heavy atom. The second-order valence-corrected chi connectivity index (χ2v) is 15.4. The van der Waals surface area contributed by atoms with E-state index in [4.69, 9.17) is 11.4 Å². The Labute approximate surface area is 221 Å². The highest BCUT2D eigenvalue weighted by Gasteiger charge is 2.45. The molecule has 2 rings (SSSR count). The molecular weight excluding hydrogens is 447 g/mol. The standard InChI is InChI=1S/2C14H22O.C3H7O.Al/c2*1-13(2,3)10-8-7-9-11(12(10)15)14(4,5)6;1-3(2)4;/h2*7-9,15H,1-6H3;3H,1-2H3;/q;;-1;+3/p-2. The van der Waals surface area contributed by atoms with Gasteiger partial charge in [-0.15, -0.1) is 0 Å². The SMILES string of the molecule is CC(C)[O][Al]([O]c1c(C(C)(C)C)cccc1C(C)(C)C)[O]c1c(C(C)(C)C)cccc1C(C)(C)C. The van der Waals surface area contributed by atoms with Gasteiger partial charge in [0.1, 0.15) is 0 Å². The smallest absolute Gasteiger partial charge is 0.588 e. The molecule has 0 bridgehead atoms. The Kier molecular flexibility index (Phi) is 8.92. The van der Waals surface area contributed by atoms with Crippen LogP contribution in [0.15, 0.2) is 36.4 Å². The van der Waals surface area contributed by atoms with Crippen LogP contribution in [0, 0.1) is 0 Å². The largest absolute Gasteiger partial charge is 1.10 e. The highest BCUT2D eigenvalue weighted by molar-refractivity contribution is 6.38. The lowest BCUT2D eigenvalue weighted by molar-refractivity contribution is 0.151. The predicted molar refractivity (Wildman–Crippen MR) is 151 cm³/mol. The van der Waals surface area contributed by atoms with E-state index in [9.17, 15) is 0 Å². The molecule has 0 atom stereocenters. The van der Waals surface area contributed by atoms with Gasteiger partial charge in [-0.1, -0.05) is 119 Å². The number of benzene rings is 2. The van der Waals surface area contributed by atoms with Gasteiger partial charge in [0, 0.05) is 6.10 Å². The second-order valence-electron chi connectivity index (χ2n) is 14.1. The molecule has 0 amide bonds. The first-order valence-electron chi connectivity index (χ1n) is 13.0. The molecule has 2 aromatic rings. The number of hydrogen-bond donors (Lipinski definition) is 0. The molecule has 3 nitrogen and oxygen atoms in total. The van der Waals surface area contributed by atoms with Gasteiger partial charge >= 0.3 is 15.1 Å². The van der Waals surface area contributed by atoms with Gasteiger partial charge in [-0.3, -0.25) is 0 Å². The normalized spacial score (nSPS) is 13.2. The van der Waals surface area contributed by atoms with Gasteiger partial charge in [-0.05, 0) is 57.8 Å². The molecule has 194 valence electrons. The molecule has 35 heavy (non-hydrogen) atoms. The van der Waals surface area contributed by atoms with Crippen LogP contribution < -0.4 is 7.58 Å². The van der Waals surface area contributed by atoms with Crippen molar-refractivity contribution in [3.05, 3.63) is 58.7 Å². The zero-order chi connectivity index (χ0) is 27.0. The number of hydrogen-bond acceptors (Lipinski definition) is 3. The Balaban J connectivity index is 2.71. The summed E-state index contributed by atoms with van der Waals surface area (Å²) in [5, 5.41) is 0. The first-order chi connectivity index (χ1) is 15.7. The summed E-state index contributed by atoms with van der Waals surface area (Å²) in [4.78, 5) is 0. The summed E-state index contributed by atoms with van der Waals surface area (Å²) in [5.74, 6) is 1.82. The highest BCUT2D eigenvalue weighted by Crippen LogP contribution is 2.42. The lowest BCUT2D eigenvalue weighted by Gasteiger charge is -2.33. The van der Waals surface area contributed by atoms with Crippen LogP contribution in [-0.2, 0) is 25.4 Å². The fourth-order valence-corrected chi connectivity index (χ4v) is 5.68. The van der Waals surface area contributed by atoms with E-state index in [1.54, 1.807) is 0 Å². The van der Waals surface area contributed by atoms with E-state index in [0.29, 0.717) is 0 Å². The predicted octanol–water partition coefficient (Wildman–Crippen LogP) is 8.74. The monoisotopic (exact) mass is 496 g/mol. The zero-order valence-electron chi connectivity index (χ0n) is 24.8. The van der Waals surface area contributed by atoms with E-state index < -0.39 is 15.1 Å². The third-order valence-corrected chi connectivity index (χ3v) is 7.70. The fourth-order valence-electron chi connectivity index (χ4n) is 4.18. The molecule has 0 unspecified atom stereocenters. The lowest BCUT2D eigenvalue weighted by Crippen LogP contribution is -2.39. The fraction of sp³-hybridized carbons (Fsp3) is 0.613.